The summed E-state index contributed by atoms with van der Waals surface area (Å²) in [5.74, 6) is 0. The van der Waals surface area contributed by atoms with Gasteiger partial charge < -0.3 is 9.13 Å². The van der Waals surface area contributed by atoms with E-state index in [0.29, 0.717) is 0 Å². The van der Waals surface area contributed by atoms with E-state index >= 15 is 0 Å². The summed E-state index contributed by atoms with van der Waals surface area (Å²) in [6.45, 7) is -0.102. The molecule has 0 aliphatic carbocycles. The van der Waals surface area contributed by atoms with Crippen LogP contribution in [0.15, 0.2) is 237 Å². The molecule has 6 heterocycles. The molecule has 0 N–H and O–H groups in total. The van der Waals surface area contributed by atoms with Gasteiger partial charge in [0, 0.05) is 72.4 Å². The van der Waals surface area contributed by atoms with Crippen LogP contribution in [0.2, 0.25) is 0 Å². The molecule has 0 saturated heterocycles. The minimum absolute atomic E-state index is 0.102. The maximum atomic E-state index is 4.88. The zero-order chi connectivity index (χ0) is 49.8. The van der Waals surface area contributed by atoms with Crippen molar-refractivity contribution >= 4 is 153 Å². The maximum Gasteiger partial charge on any atom is 0.252 e. The van der Waals surface area contributed by atoms with Crippen molar-refractivity contribution in [1.29, 1.82) is 0 Å². The van der Waals surface area contributed by atoms with Crippen molar-refractivity contribution in [2.75, 3.05) is 0 Å². The molecule has 17 aromatic rings. The molecule has 0 fully saturated rings. The van der Waals surface area contributed by atoms with E-state index in [0.717, 1.165) is 21.8 Å². The quantitative estimate of drug-likeness (QED) is 0.128. The van der Waals surface area contributed by atoms with E-state index in [1.165, 1.54) is 158 Å². The van der Waals surface area contributed by atoms with Crippen LogP contribution in [0.1, 0.15) is 0 Å². The summed E-state index contributed by atoms with van der Waals surface area (Å²) in [7, 11) is 0. The smallest absolute Gasteiger partial charge is 0.252 e. The highest BCUT2D eigenvalue weighted by atomic mass is 15.0. The largest absolute Gasteiger partial charge is 0.310 e. The van der Waals surface area contributed by atoms with Crippen molar-refractivity contribution in [3.05, 3.63) is 237 Å². The normalized spacial score (nSPS) is 12.9. The van der Waals surface area contributed by atoms with E-state index in [4.69, 9.17) is 9.97 Å². The van der Waals surface area contributed by atoms with Gasteiger partial charge in [-0.25, -0.2) is 0 Å². The second-order valence-electron chi connectivity index (χ2n) is 21.4. The lowest BCUT2D eigenvalue weighted by Crippen LogP contribution is -2.59. The monoisotopic (exact) mass is 970 g/mol. The minimum atomic E-state index is -0.102. The van der Waals surface area contributed by atoms with Crippen molar-refractivity contribution in [2.24, 2.45) is 0 Å². The molecule has 13 aromatic carbocycles. The molecule has 0 saturated carbocycles. The van der Waals surface area contributed by atoms with Crippen LogP contribution >= 0.6 is 0 Å². The molecule has 19 rings (SSSR count). The van der Waals surface area contributed by atoms with Crippen molar-refractivity contribution in [3.63, 3.8) is 0 Å². The highest BCUT2D eigenvalue weighted by Gasteiger charge is 2.42. The average Bonchev–Trinajstić information content (AvgIpc) is 4.25. The van der Waals surface area contributed by atoms with Crippen LogP contribution in [-0.4, -0.2) is 25.8 Å². The van der Waals surface area contributed by atoms with Crippen LogP contribution in [0.25, 0.3) is 164 Å². The molecule has 0 bridgehead atoms. The summed E-state index contributed by atoms with van der Waals surface area (Å²) in [6.07, 6.45) is 3.95. The standard InChI is InChI=1S/C72H39BN4/c1-3-18-48-44(14-1)47-17-6-8-23-53(47)67-54(48)29-30-55-57-37-41(43-33-35-75-62-25-12-10-21-51(43)62)38-59-70(57)77(71(55)67)65-27-13-26-64-69(65)73(59)60-39-56-49-19-4-2-15-45(49)46-16-5-7-22-52(46)66(56)68-58-36-40(28-31-63(58)76(64)72(60)68)42-32-34-74-61-24-11-9-20-50(42)61/h1-39H. The van der Waals surface area contributed by atoms with E-state index < -0.39 is 0 Å². The Kier molecular flexibility index (Phi) is 7.53. The van der Waals surface area contributed by atoms with Crippen LogP contribution in [-0.2, 0) is 0 Å². The van der Waals surface area contributed by atoms with E-state index in [-0.39, 0.29) is 6.71 Å². The topological polar surface area (TPSA) is 35.6 Å². The van der Waals surface area contributed by atoms with Crippen molar-refractivity contribution in [2.45, 2.75) is 0 Å². The SMILES string of the molecule is c1cc2c3c(c1)-n1c4c(cc(-c5ccnc6ccccc56)cc4c4ccc5c6ccccc6c6ccccc6c5c41)B3c1cc3c4ccccc4c4ccccc4c3c3c4cc(-c5ccnc6ccccc56)ccc4n-2c13. The fourth-order valence-electron chi connectivity index (χ4n) is 14.9. The van der Waals surface area contributed by atoms with Crippen LogP contribution in [0, 0.1) is 0 Å². The number of aromatic nitrogens is 4. The molecule has 0 amide bonds. The molecule has 350 valence electrons. The number of nitrogens with zero attached hydrogens (tertiary/aromatic N) is 4. The van der Waals surface area contributed by atoms with Crippen LogP contribution in [0.3, 0.4) is 0 Å². The number of fused-ring (bicyclic) bond motifs is 26. The number of para-hydroxylation sites is 2. The first-order valence-corrected chi connectivity index (χ1v) is 26.8. The first-order valence-electron chi connectivity index (χ1n) is 26.8. The Morgan fingerprint density at radius 1 is 0.286 bits per heavy atom. The zero-order valence-electron chi connectivity index (χ0n) is 41.4. The summed E-state index contributed by atoms with van der Waals surface area (Å²) in [6, 6.07) is 84.6. The van der Waals surface area contributed by atoms with E-state index in [1.54, 1.807) is 0 Å². The summed E-state index contributed by atoms with van der Waals surface area (Å²) >= 11 is 0. The number of hydrogen-bond donors (Lipinski definition) is 0. The molecule has 5 heteroatoms. The molecule has 0 atom stereocenters. The lowest BCUT2D eigenvalue weighted by molar-refractivity contribution is 1.15. The maximum absolute atomic E-state index is 4.88. The fourth-order valence-corrected chi connectivity index (χ4v) is 14.9. The molecule has 0 spiro atoms. The number of pyridine rings is 2. The van der Waals surface area contributed by atoms with Gasteiger partial charge in [0.2, 0.25) is 0 Å². The average molecular weight is 971 g/mol. The summed E-state index contributed by atoms with van der Waals surface area (Å²) in [4.78, 5) is 9.69. The van der Waals surface area contributed by atoms with E-state index in [2.05, 4.69) is 234 Å². The van der Waals surface area contributed by atoms with Crippen LogP contribution in [0.5, 0.6) is 0 Å². The molecule has 0 radical (unpaired) electrons. The first kappa shape index (κ1) is 40.3. The third-order valence-corrected chi connectivity index (χ3v) is 17.9. The Bertz CT molecular complexity index is 5560. The van der Waals surface area contributed by atoms with Gasteiger partial charge >= 0.3 is 0 Å². The third-order valence-electron chi connectivity index (χ3n) is 17.9. The molecule has 0 unspecified atom stereocenters. The molecule has 77 heavy (non-hydrogen) atoms. The molecule has 4 aromatic heterocycles. The predicted molar refractivity (Wildman–Crippen MR) is 326 cm³/mol. The van der Waals surface area contributed by atoms with Crippen LogP contribution in [0.4, 0.5) is 0 Å². The van der Waals surface area contributed by atoms with Gasteiger partial charge in [0.25, 0.3) is 6.71 Å². The molecule has 2 aliphatic rings. The summed E-state index contributed by atoms with van der Waals surface area (Å²) in [5.41, 5.74) is 18.2. The molecule has 2 aliphatic heterocycles. The van der Waals surface area contributed by atoms with Crippen molar-refractivity contribution in [3.8, 4) is 33.6 Å². The van der Waals surface area contributed by atoms with E-state index in [9.17, 15) is 0 Å². The van der Waals surface area contributed by atoms with Gasteiger partial charge in [0.05, 0.1) is 27.6 Å². The van der Waals surface area contributed by atoms with Gasteiger partial charge in [-0.2, -0.15) is 0 Å². The lowest BCUT2D eigenvalue weighted by atomic mass is 9.34. The predicted octanol–water partition coefficient (Wildman–Crippen LogP) is 16.4. The Hall–Kier alpha value is -10.1. The summed E-state index contributed by atoms with van der Waals surface area (Å²) in [5, 5.41) is 22.7. The minimum Gasteiger partial charge on any atom is -0.310 e. The molecule has 4 nitrogen and oxygen atoms in total. The second kappa shape index (κ2) is 14.4. The zero-order valence-corrected chi connectivity index (χ0v) is 41.4. The Labute approximate surface area is 440 Å². The Balaban J connectivity index is 1.04. The van der Waals surface area contributed by atoms with Gasteiger partial charge in [-0.05, 0) is 147 Å². The fraction of sp³-hybridized carbons (Fsp3) is 0. The first-order chi connectivity index (χ1) is 38.2. The highest BCUT2D eigenvalue weighted by Crippen LogP contribution is 2.49. The Morgan fingerprint density at radius 3 is 1.43 bits per heavy atom. The highest BCUT2D eigenvalue weighted by molar-refractivity contribution is 7.00. The summed E-state index contributed by atoms with van der Waals surface area (Å²) < 4.78 is 5.32. The van der Waals surface area contributed by atoms with Gasteiger partial charge in [-0.15, -0.1) is 0 Å². The Morgan fingerprint density at radius 2 is 0.779 bits per heavy atom. The third kappa shape index (κ3) is 5.00. The van der Waals surface area contributed by atoms with Gasteiger partial charge in [0.1, 0.15) is 0 Å². The second-order valence-corrected chi connectivity index (χ2v) is 21.4. The number of rotatable bonds is 2. The number of benzene rings is 13. The van der Waals surface area contributed by atoms with Gasteiger partial charge in [-0.1, -0.05) is 170 Å². The molecular formula is C72H39BN4. The molecular weight excluding hydrogens is 932 g/mol. The van der Waals surface area contributed by atoms with E-state index in [1.807, 2.05) is 12.4 Å². The van der Waals surface area contributed by atoms with Gasteiger partial charge in [-0.3, -0.25) is 9.97 Å². The number of hydrogen-bond acceptors (Lipinski definition) is 2. The lowest BCUT2D eigenvalue weighted by Gasteiger charge is -2.34. The van der Waals surface area contributed by atoms with Crippen LogP contribution < -0.4 is 16.4 Å². The van der Waals surface area contributed by atoms with Gasteiger partial charge in [0.15, 0.2) is 0 Å². The van der Waals surface area contributed by atoms with Crippen molar-refractivity contribution < 1.29 is 0 Å². The van der Waals surface area contributed by atoms with Crippen molar-refractivity contribution in [1.82, 2.24) is 19.1 Å².